The molecule has 0 saturated carbocycles. The molecule has 1 saturated heterocycles. The van der Waals surface area contributed by atoms with E-state index in [2.05, 4.69) is 51.9 Å². The first kappa shape index (κ1) is 17.4. The lowest BCUT2D eigenvalue weighted by Gasteiger charge is -2.46. The molecule has 1 heterocycles. The fourth-order valence-electron chi connectivity index (χ4n) is 3.43. The molecule has 1 nitrogen and oxygen atoms in total. The molecule has 0 radical (unpaired) electrons. The third-order valence-electron chi connectivity index (χ3n) is 5.40. The number of carbonyl (C=O) groups is 1. The van der Waals surface area contributed by atoms with E-state index < -0.39 is 8.07 Å². The fraction of sp³-hybridized carbons (Fsp3) is 0.588. The van der Waals surface area contributed by atoms with Crippen molar-refractivity contribution in [3.63, 3.8) is 0 Å². The van der Waals surface area contributed by atoms with Crippen LogP contribution in [0.5, 0.6) is 0 Å². The lowest BCUT2D eigenvalue weighted by molar-refractivity contribution is -0.119. The summed E-state index contributed by atoms with van der Waals surface area (Å²) in [7, 11) is -1.29. The van der Waals surface area contributed by atoms with Crippen LogP contribution in [0.3, 0.4) is 0 Å². The van der Waals surface area contributed by atoms with Gasteiger partial charge in [0.15, 0.2) is 0 Å². The average Bonchev–Trinajstić information content (AvgIpc) is 2.36. The van der Waals surface area contributed by atoms with E-state index in [1.54, 1.807) is 0 Å². The summed E-state index contributed by atoms with van der Waals surface area (Å²) in [4.78, 5) is 12.6. The summed E-state index contributed by atoms with van der Waals surface area (Å²) in [5, 5.41) is 0.282. The van der Waals surface area contributed by atoms with Crippen LogP contribution in [-0.4, -0.2) is 13.9 Å². The standard InChI is InChI=1S/C17H24Br2OSi/c1-17(8-4-5-9-21(17,2)3)12-15(20)10-13-6-7-14(18)11-16(13)19/h6-7,11H,4-5,8-10,12H2,1-3H3. The smallest absolute Gasteiger partial charge is 0.137 e. The Balaban J connectivity index is 2.07. The Kier molecular flexibility index (Phi) is 5.53. The van der Waals surface area contributed by atoms with E-state index in [4.69, 9.17) is 0 Å². The van der Waals surface area contributed by atoms with Crippen LogP contribution in [0.2, 0.25) is 24.2 Å². The van der Waals surface area contributed by atoms with Gasteiger partial charge in [0.2, 0.25) is 0 Å². The largest absolute Gasteiger partial charge is 0.299 e. The van der Waals surface area contributed by atoms with Crippen LogP contribution in [0, 0.1) is 0 Å². The van der Waals surface area contributed by atoms with Crippen molar-refractivity contribution < 1.29 is 4.79 Å². The second-order valence-electron chi connectivity index (χ2n) is 7.28. The Hall–Kier alpha value is 0.0669. The molecule has 1 unspecified atom stereocenters. The van der Waals surface area contributed by atoms with E-state index in [0.717, 1.165) is 20.9 Å². The van der Waals surface area contributed by atoms with Crippen molar-refractivity contribution in [2.45, 2.75) is 63.2 Å². The van der Waals surface area contributed by atoms with Crippen LogP contribution in [0.1, 0.15) is 38.2 Å². The van der Waals surface area contributed by atoms with Crippen molar-refractivity contribution in [3.8, 4) is 0 Å². The van der Waals surface area contributed by atoms with Gasteiger partial charge in [0.1, 0.15) is 5.78 Å². The lowest BCUT2D eigenvalue weighted by Crippen LogP contribution is -2.44. The van der Waals surface area contributed by atoms with Crippen molar-refractivity contribution in [2.75, 3.05) is 0 Å². The second-order valence-corrected chi connectivity index (χ2v) is 14.5. The molecule has 1 aliphatic heterocycles. The van der Waals surface area contributed by atoms with E-state index in [-0.39, 0.29) is 5.04 Å². The summed E-state index contributed by atoms with van der Waals surface area (Å²) in [6.45, 7) is 7.30. The Bertz CT molecular complexity index is 542. The zero-order valence-electron chi connectivity index (χ0n) is 13.1. The van der Waals surface area contributed by atoms with Gasteiger partial charge in [0.05, 0.1) is 8.07 Å². The number of Topliss-reactive ketones (excluding diaryl/α,β-unsaturated/α-hetero) is 1. The second kappa shape index (κ2) is 6.67. The topological polar surface area (TPSA) is 17.1 Å². The number of rotatable bonds is 4. The lowest BCUT2D eigenvalue weighted by atomic mass is 9.93. The number of benzene rings is 1. The van der Waals surface area contributed by atoms with Crippen molar-refractivity contribution >= 4 is 45.7 Å². The molecule has 1 fully saturated rings. The molecule has 0 spiro atoms. The molecular weight excluding hydrogens is 408 g/mol. The van der Waals surface area contributed by atoms with Gasteiger partial charge in [-0.15, -0.1) is 0 Å². The zero-order valence-corrected chi connectivity index (χ0v) is 17.3. The molecule has 0 aromatic heterocycles. The molecule has 0 bridgehead atoms. The molecule has 21 heavy (non-hydrogen) atoms. The van der Waals surface area contributed by atoms with E-state index >= 15 is 0 Å². The van der Waals surface area contributed by atoms with Crippen LogP contribution in [-0.2, 0) is 11.2 Å². The maximum atomic E-state index is 12.6. The monoisotopic (exact) mass is 430 g/mol. The van der Waals surface area contributed by atoms with Crippen molar-refractivity contribution in [1.29, 1.82) is 0 Å². The van der Waals surface area contributed by atoms with Crippen LogP contribution in [0.15, 0.2) is 27.1 Å². The molecule has 0 aliphatic carbocycles. The van der Waals surface area contributed by atoms with E-state index in [1.165, 1.54) is 25.3 Å². The first-order valence-corrected chi connectivity index (χ1v) is 12.5. The minimum Gasteiger partial charge on any atom is -0.299 e. The number of hydrogen-bond donors (Lipinski definition) is 0. The summed E-state index contributed by atoms with van der Waals surface area (Å²) in [5.41, 5.74) is 1.10. The molecule has 1 aliphatic rings. The van der Waals surface area contributed by atoms with E-state index in [0.29, 0.717) is 12.2 Å². The highest BCUT2D eigenvalue weighted by molar-refractivity contribution is 9.11. The third kappa shape index (κ3) is 4.08. The minimum absolute atomic E-state index is 0.282. The predicted molar refractivity (Wildman–Crippen MR) is 99.7 cm³/mol. The van der Waals surface area contributed by atoms with E-state index in [9.17, 15) is 4.79 Å². The molecule has 1 atom stereocenters. The van der Waals surface area contributed by atoms with Crippen LogP contribution < -0.4 is 0 Å². The van der Waals surface area contributed by atoms with Crippen molar-refractivity contribution in [1.82, 2.24) is 0 Å². The zero-order chi connectivity index (χ0) is 15.7. The molecule has 2 rings (SSSR count). The summed E-state index contributed by atoms with van der Waals surface area (Å²) < 4.78 is 2.06. The molecule has 0 N–H and O–H groups in total. The van der Waals surface area contributed by atoms with Crippen LogP contribution in [0.4, 0.5) is 0 Å². The third-order valence-corrected chi connectivity index (χ3v) is 11.9. The summed E-state index contributed by atoms with van der Waals surface area (Å²) in [6.07, 6.45) is 5.20. The molecule has 0 amide bonds. The fourth-order valence-corrected chi connectivity index (χ4v) is 7.88. The number of hydrogen-bond acceptors (Lipinski definition) is 1. The van der Waals surface area contributed by atoms with Gasteiger partial charge in [-0.3, -0.25) is 4.79 Å². The van der Waals surface area contributed by atoms with Gasteiger partial charge in [-0.25, -0.2) is 0 Å². The summed E-state index contributed by atoms with van der Waals surface area (Å²) in [6, 6.07) is 7.44. The first-order chi connectivity index (χ1) is 9.73. The Morgan fingerprint density at radius 2 is 2.00 bits per heavy atom. The highest BCUT2D eigenvalue weighted by Gasteiger charge is 2.45. The Morgan fingerprint density at radius 3 is 2.62 bits per heavy atom. The summed E-state index contributed by atoms with van der Waals surface area (Å²) in [5.74, 6) is 0.392. The maximum absolute atomic E-state index is 12.6. The molecule has 4 heteroatoms. The predicted octanol–water partition coefficient (Wildman–Crippen LogP) is 6.37. The molecule has 1 aromatic carbocycles. The van der Waals surface area contributed by atoms with Gasteiger partial charge in [-0.05, 0) is 29.2 Å². The maximum Gasteiger partial charge on any atom is 0.137 e. The van der Waals surface area contributed by atoms with Crippen LogP contribution in [0.25, 0.3) is 0 Å². The summed E-state index contributed by atoms with van der Waals surface area (Å²) >= 11 is 7.02. The van der Waals surface area contributed by atoms with Crippen molar-refractivity contribution in [3.05, 3.63) is 32.7 Å². The van der Waals surface area contributed by atoms with Gasteiger partial charge >= 0.3 is 0 Å². The van der Waals surface area contributed by atoms with Gasteiger partial charge < -0.3 is 0 Å². The minimum atomic E-state index is -1.29. The van der Waals surface area contributed by atoms with Gasteiger partial charge in [-0.2, -0.15) is 0 Å². The SMILES string of the molecule is CC1(CC(=O)Cc2ccc(Br)cc2Br)CCCC[Si]1(C)C. The quantitative estimate of drug-likeness (QED) is 0.506. The Labute approximate surface area is 146 Å². The highest BCUT2D eigenvalue weighted by atomic mass is 79.9. The first-order valence-electron chi connectivity index (χ1n) is 7.69. The Morgan fingerprint density at radius 1 is 1.29 bits per heavy atom. The number of ketones is 1. The van der Waals surface area contributed by atoms with Gasteiger partial charge in [0, 0.05) is 21.8 Å². The van der Waals surface area contributed by atoms with Crippen LogP contribution >= 0.6 is 31.9 Å². The van der Waals surface area contributed by atoms with Crippen molar-refractivity contribution in [2.24, 2.45) is 0 Å². The normalized spacial score (nSPS) is 24.8. The highest BCUT2D eigenvalue weighted by Crippen LogP contribution is 2.52. The van der Waals surface area contributed by atoms with Gasteiger partial charge in [-0.1, -0.05) is 76.8 Å². The number of halogens is 2. The van der Waals surface area contributed by atoms with E-state index in [1.807, 2.05) is 18.2 Å². The molecule has 116 valence electrons. The molecular formula is C17H24Br2OSi. The molecule has 1 aromatic rings. The average molecular weight is 432 g/mol. The van der Waals surface area contributed by atoms with Gasteiger partial charge in [0.25, 0.3) is 0 Å². The number of carbonyl (C=O) groups excluding carboxylic acids is 1.